The summed E-state index contributed by atoms with van der Waals surface area (Å²) in [5.74, 6) is 0.293. The van der Waals surface area contributed by atoms with Crippen LogP contribution in [0.3, 0.4) is 0 Å². The van der Waals surface area contributed by atoms with Gasteiger partial charge in [-0.2, -0.15) is 0 Å². The van der Waals surface area contributed by atoms with Crippen LogP contribution in [0.4, 0.5) is 15.9 Å². The molecule has 3 atom stereocenters. The number of nitrogens with one attached hydrogen (secondary N) is 1. The highest BCUT2D eigenvalue weighted by Gasteiger charge is 2.39. The van der Waals surface area contributed by atoms with E-state index in [2.05, 4.69) is 31.3 Å². The van der Waals surface area contributed by atoms with Gasteiger partial charge in [0.15, 0.2) is 0 Å². The van der Waals surface area contributed by atoms with Crippen molar-refractivity contribution in [2.75, 3.05) is 50.1 Å². The van der Waals surface area contributed by atoms with Gasteiger partial charge in [0.25, 0.3) is 0 Å². The molecule has 3 aliphatic rings. The van der Waals surface area contributed by atoms with E-state index in [9.17, 15) is 14.3 Å². The van der Waals surface area contributed by atoms with E-state index in [4.69, 9.17) is 14.5 Å². The van der Waals surface area contributed by atoms with E-state index >= 15 is 0 Å². The number of hydrogen-bond acceptors (Lipinski definition) is 7. The van der Waals surface area contributed by atoms with Gasteiger partial charge in [0.05, 0.1) is 18.3 Å². The third kappa shape index (κ3) is 6.30. The molecule has 9 heteroatoms. The van der Waals surface area contributed by atoms with Gasteiger partial charge in [-0.05, 0) is 62.1 Å². The number of likely N-dealkylation sites (tertiary alicyclic amines) is 1. The maximum Gasteiger partial charge on any atom is 0.325 e. The first-order valence-electron chi connectivity index (χ1n) is 14.3. The van der Waals surface area contributed by atoms with Crippen molar-refractivity contribution >= 4 is 17.5 Å². The van der Waals surface area contributed by atoms with E-state index in [1.165, 1.54) is 17.7 Å². The number of anilines is 2. The largest absolute Gasteiger partial charge is 0.486 e. The predicted octanol–water partition coefficient (Wildman–Crippen LogP) is 4.67. The van der Waals surface area contributed by atoms with Gasteiger partial charge < -0.3 is 24.8 Å². The standard InChI is InChI=1S/C30H41FN4O4/c1-19(2)26-18-34(3)25-16-21(31)15-24(28(25)39-26)27(30(36)37)35-13-11-23(17-35)38-14-5-4-8-22-10-9-20-7-6-12-32-29(20)33-22/h9-10,15-16,19,23,26-27H,4-8,11-14,17-18H2,1-3H3,(H,32,33)(H,36,37)/t23-,26+,27-/m1/s1. The Kier molecular flexibility index (Phi) is 8.57. The van der Waals surface area contributed by atoms with Gasteiger partial charge in [-0.1, -0.05) is 19.9 Å². The second kappa shape index (κ2) is 12.1. The number of halogens is 1. The predicted molar refractivity (Wildman–Crippen MR) is 149 cm³/mol. The second-order valence-corrected chi connectivity index (χ2v) is 11.4. The summed E-state index contributed by atoms with van der Waals surface area (Å²) in [6.45, 7) is 7.45. The fourth-order valence-corrected chi connectivity index (χ4v) is 5.90. The minimum absolute atomic E-state index is 0.0469. The smallest absolute Gasteiger partial charge is 0.325 e. The third-order valence-electron chi connectivity index (χ3n) is 8.14. The zero-order valence-corrected chi connectivity index (χ0v) is 23.3. The molecule has 1 aromatic heterocycles. The number of likely N-dealkylation sites (N-methyl/N-ethyl adjacent to an activating group) is 1. The monoisotopic (exact) mass is 540 g/mol. The molecule has 5 rings (SSSR count). The summed E-state index contributed by atoms with van der Waals surface area (Å²) in [7, 11) is 1.90. The molecule has 2 N–H and O–H groups in total. The van der Waals surface area contributed by atoms with Gasteiger partial charge in [-0.25, -0.2) is 9.37 Å². The lowest BCUT2D eigenvalue weighted by molar-refractivity contribution is -0.143. The number of aromatic nitrogens is 1. The zero-order chi connectivity index (χ0) is 27.5. The molecule has 4 heterocycles. The lowest BCUT2D eigenvalue weighted by atomic mass is 9.99. The normalized spacial score (nSPS) is 21.7. The summed E-state index contributed by atoms with van der Waals surface area (Å²) >= 11 is 0. The molecule has 0 unspecified atom stereocenters. The summed E-state index contributed by atoms with van der Waals surface area (Å²) in [4.78, 5) is 21.1. The number of aliphatic carboxylic acids is 1. The van der Waals surface area contributed by atoms with Crippen molar-refractivity contribution in [1.29, 1.82) is 0 Å². The van der Waals surface area contributed by atoms with Crippen LogP contribution in [0.15, 0.2) is 24.3 Å². The van der Waals surface area contributed by atoms with E-state index < -0.39 is 17.8 Å². The van der Waals surface area contributed by atoms with Crippen LogP contribution in [0.2, 0.25) is 0 Å². The Hall–Kier alpha value is -2.91. The molecule has 0 radical (unpaired) electrons. The quantitative estimate of drug-likeness (QED) is 0.421. The van der Waals surface area contributed by atoms with Gasteiger partial charge in [0, 0.05) is 50.6 Å². The Morgan fingerprint density at radius 2 is 2.13 bits per heavy atom. The summed E-state index contributed by atoms with van der Waals surface area (Å²) in [6, 6.07) is 6.08. The number of unbranched alkanes of at least 4 members (excludes halogenated alkanes) is 1. The summed E-state index contributed by atoms with van der Waals surface area (Å²) in [5, 5.41) is 13.6. The lowest BCUT2D eigenvalue weighted by Gasteiger charge is -2.38. The molecule has 3 aliphatic heterocycles. The molecular weight excluding hydrogens is 499 g/mol. The van der Waals surface area contributed by atoms with E-state index in [-0.39, 0.29) is 18.1 Å². The first-order chi connectivity index (χ1) is 18.8. The highest BCUT2D eigenvalue weighted by Crippen LogP contribution is 2.43. The van der Waals surface area contributed by atoms with Crippen molar-refractivity contribution in [1.82, 2.24) is 9.88 Å². The highest BCUT2D eigenvalue weighted by atomic mass is 19.1. The number of carboxylic acids is 1. The van der Waals surface area contributed by atoms with E-state index in [0.29, 0.717) is 43.2 Å². The topological polar surface area (TPSA) is 87.2 Å². The van der Waals surface area contributed by atoms with Gasteiger partial charge in [-0.3, -0.25) is 9.69 Å². The number of pyridine rings is 1. The van der Waals surface area contributed by atoms with Gasteiger partial charge in [-0.15, -0.1) is 0 Å². The molecule has 0 amide bonds. The number of fused-ring (bicyclic) bond motifs is 2. The lowest BCUT2D eigenvalue weighted by Crippen LogP contribution is -2.42. The average molecular weight is 541 g/mol. The van der Waals surface area contributed by atoms with E-state index in [1.807, 2.05) is 16.8 Å². The van der Waals surface area contributed by atoms with Gasteiger partial charge in [0.2, 0.25) is 0 Å². The molecule has 39 heavy (non-hydrogen) atoms. The number of nitrogens with zero attached hydrogens (tertiary/aromatic N) is 3. The first kappa shape index (κ1) is 27.6. The molecular formula is C30H41FN4O4. The van der Waals surface area contributed by atoms with Crippen LogP contribution in [0, 0.1) is 11.7 Å². The molecule has 212 valence electrons. The maximum atomic E-state index is 14.7. The first-order valence-corrected chi connectivity index (χ1v) is 14.3. The van der Waals surface area contributed by atoms with Crippen LogP contribution in [0.25, 0.3) is 0 Å². The maximum absolute atomic E-state index is 14.7. The van der Waals surface area contributed by atoms with Crippen LogP contribution in [0.5, 0.6) is 5.75 Å². The van der Waals surface area contributed by atoms with Gasteiger partial charge in [0.1, 0.15) is 29.5 Å². The van der Waals surface area contributed by atoms with Gasteiger partial charge >= 0.3 is 5.97 Å². The molecule has 2 aromatic rings. The van der Waals surface area contributed by atoms with Crippen LogP contribution in [-0.4, -0.2) is 73.0 Å². The average Bonchev–Trinajstić information content (AvgIpc) is 3.36. The van der Waals surface area contributed by atoms with Crippen LogP contribution < -0.4 is 15.0 Å². The third-order valence-corrected chi connectivity index (χ3v) is 8.14. The Bertz CT molecular complexity index is 1180. The molecule has 0 aliphatic carbocycles. The molecule has 1 saturated heterocycles. The Morgan fingerprint density at radius 3 is 2.92 bits per heavy atom. The van der Waals surface area contributed by atoms with Crippen molar-refractivity contribution in [3.05, 3.63) is 46.9 Å². The van der Waals surface area contributed by atoms with E-state index in [0.717, 1.165) is 56.6 Å². The molecule has 1 fully saturated rings. The summed E-state index contributed by atoms with van der Waals surface area (Å²) in [6.07, 6.45) is 5.66. The summed E-state index contributed by atoms with van der Waals surface area (Å²) in [5.41, 5.74) is 3.38. The number of ether oxygens (including phenoxy) is 2. The fourth-order valence-electron chi connectivity index (χ4n) is 5.90. The second-order valence-electron chi connectivity index (χ2n) is 11.4. The Morgan fingerprint density at radius 1 is 1.28 bits per heavy atom. The molecule has 0 spiro atoms. The van der Waals surface area contributed by atoms with Crippen molar-refractivity contribution in [2.24, 2.45) is 5.92 Å². The number of benzene rings is 1. The number of hydrogen-bond donors (Lipinski definition) is 2. The zero-order valence-electron chi connectivity index (χ0n) is 23.3. The van der Waals surface area contributed by atoms with Crippen molar-refractivity contribution < 1.29 is 23.8 Å². The number of aryl methyl sites for hydroxylation is 2. The fraction of sp³-hybridized carbons (Fsp3) is 0.600. The minimum atomic E-state index is -1.01. The SMILES string of the molecule is CC(C)[C@@H]1CN(C)c2cc(F)cc([C@H](C(=O)O)N3CC[C@@H](OCCCCc4ccc5c(n4)NCCC5)C3)c2O1. The van der Waals surface area contributed by atoms with Crippen LogP contribution >= 0.6 is 0 Å². The number of rotatable bonds is 10. The van der Waals surface area contributed by atoms with Crippen LogP contribution in [0.1, 0.15) is 62.4 Å². The summed E-state index contributed by atoms with van der Waals surface area (Å²) < 4.78 is 27.1. The molecule has 0 saturated carbocycles. The molecule has 8 nitrogen and oxygen atoms in total. The van der Waals surface area contributed by atoms with Crippen molar-refractivity contribution in [3.8, 4) is 5.75 Å². The molecule has 0 bridgehead atoms. The highest BCUT2D eigenvalue weighted by molar-refractivity contribution is 5.79. The number of carbonyl (C=O) groups is 1. The van der Waals surface area contributed by atoms with Crippen LogP contribution in [-0.2, 0) is 22.4 Å². The molecule has 1 aromatic carbocycles. The minimum Gasteiger partial charge on any atom is -0.486 e. The Labute approximate surface area is 230 Å². The Balaban J connectivity index is 1.17. The number of carboxylic acid groups (broad SMARTS) is 1. The van der Waals surface area contributed by atoms with Crippen molar-refractivity contribution in [2.45, 2.75) is 70.6 Å². The van der Waals surface area contributed by atoms with Crippen molar-refractivity contribution in [3.63, 3.8) is 0 Å². The van der Waals surface area contributed by atoms with E-state index in [1.54, 1.807) is 0 Å².